The van der Waals surface area contributed by atoms with E-state index in [-0.39, 0.29) is 5.25 Å². The number of benzene rings is 2. The van der Waals surface area contributed by atoms with Crippen LogP contribution in [0, 0.1) is 6.92 Å². The summed E-state index contributed by atoms with van der Waals surface area (Å²) in [5.74, 6) is 1.62. The number of hydrogen-bond donors (Lipinski definition) is 0. The van der Waals surface area contributed by atoms with Gasteiger partial charge in [-0.1, -0.05) is 36.0 Å². The van der Waals surface area contributed by atoms with Gasteiger partial charge >= 0.3 is 0 Å². The van der Waals surface area contributed by atoms with Crippen LogP contribution >= 0.6 is 11.8 Å². The Morgan fingerprint density at radius 3 is 2.52 bits per heavy atom. The lowest BCUT2D eigenvalue weighted by Crippen LogP contribution is -2.21. The first-order chi connectivity index (χ1) is 12.2. The quantitative estimate of drug-likeness (QED) is 0.716. The van der Waals surface area contributed by atoms with Gasteiger partial charge in [0.2, 0.25) is 5.16 Å². The van der Waals surface area contributed by atoms with E-state index in [9.17, 15) is 0 Å². The van der Waals surface area contributed by atoms with Crippen LogP contribution in [-0.4, -0.2) is 32.9 Å². The zero-order chi connectivity index (χ0) is 17.4. The molecule has 1 aromatic heterocycles. The number of methoxy groups -OCH3 is 1. The number of fused-ring (bicyclic) bond motifs is 1. The fourth-order valence-corrected chi connectivity index (χ4v) is 3.80. The molecule has 2 aromatic carbocycles. The van der Waals surface area contributed by atoms with Crippen LogP contribution in [0.3, 0.4) is 0 Å². The Bertz CT molecular complexity index is 946. The molecule has 0 N–H and O–H groups in total. The van der Waals surface area contributed by atoms with Gasteiger partial charge in [0.1, 0.15) is 5.75 Å². The molecule has 0 fully saturated rings. The van der Waals surface area contributed by atoms with E-state index >= 15 is 0 Å². The van der Waals surface area contributed by atoms with E-state index in [1.807, 2.05) is 41.1 Å². The highest BCUT2D eigenvalue weighted by Gasteiger charge is 2.26. The van der Waals surface area contributed by atoms with Gasteiger partial charge in [-0.25, -0.2) is 0 Å². The van der Waals surface area contributed by atoms with E-state index in [1.54, 1.807) is 18.9 Å². The van der Waals surface area contributed by atoms with Gasteiger partial charge in [-0.15, -0.1) is 10.2 Å². The van der Waals surface area contributed by atoms with Crippen molar-refractivity contribution >= 4 is 17.5 Å². The van der Waals surface area contributed by atoms with Crippen LogP contribution in [-0.2, 0) is 0 Å². The minimum atomic E-state index is 0.204. The first-order valence-corrected chi connectivity index (χ1v) is 8.96. The van der Waals surface area contributed by atoms with Crippen LogP contribution in [0.4, 0.5) is 0 Å². The van der Waals surface area contributed by atoms with Gasteiger partial charge in [-0.3, -0.25) is 0 Å². The number of nitrogens with zero attached hydrogens (tertiary/aromatic N) is 4. The predicted molar refractivity (Wildman–Crippen MR) is 100 cm³/mol. The molecule has 126 valence electrons. The average molecular weight is 350 g/mol. The first kappa shape index (κ1) is 15.9. The summed E-state index contributed by atoms with van der Waals surface area (Å²) in [5.41, 5.74) is 4.29. The standard InChI is InChI=1S/C19H18N4OS/c1-12-6-4-5-7-16(12)18-20-21-19-23(18)22-17(13(2)25-19)14-8-10-15(24-3)11-9-14/h4-11,13H,1-3H3/t13-/m0/s1. The van der Waals surface area contributed by atoms with Crippen molar-refractivity contribution in [2.75, 3.05) is 7.11 Å². The fraction of sp³-hybridized carbons (Fsp3) is 0.211. The van der Waals surface area contributed by atoms with Crippen LogP contribution in [0.5, 0.6) is 5.75 Å². The molecule has 0 spiro atoms. The Labute approximate surface area is 150 Å². The molecule has 0 bridgehead atoms. The molecule has 3 aromatic rings. The third kappa shape index (κ3) is 2.82. The lowest BCUT2D eigenvalue weighted by molar-refractivity contribution is 0.415. The molecule has 1 atom stereocenters. The SMILES string of the molecule is COc1ccc(C2=Nn3c(nnc3-c3ccccc3C)S[C@H]2C)cc1. The molecule has 0 saturated heterocycles. The van der Waals surface area contributed by atoms with Gasteiger partial charge < -0.3 is 4.74 Å². The van der Waals surface area contributed by atoms with Gasteiger partial charge in [0, 0.05) is 5.56 Å². The van der Waals surface area contributed by atoms with E-state index in [4.69, 9.17) is 9.84 Å². The average Bonchev–Trinajstić information content (AvgIpc) is 3.04. The lowest BCUT2D eigenvalue weighted by Gasteiger charge is -2.20. The van der Waals surface area contributed by atoms with E-state index in [0.29, 0.717) is 0 Å². The predicted octanol–water partition coefficient (Wildman–Crippen LogP) is 4.01. The number of rotatable bonds is 3. The summed E-state index contributed by atoms with van der Waals surface area (Å²) in [5, 5.41) is 14.6. The van der Waals surface area contributed by atoms with Gasteiger partial charge in [-0.05, 0) is 49.2 Å². The maximum Gasteiger partial charge on any atom is 0.213 e. The third-order valence-electron chi connectivity index (χ3n) is 4.26. The Hall–Kier alpha value is -2.60. The van der Waals surface area contributed by atoms with Crippen LogP contribution in [0.1, 0.15) is 18.1 Å². The Balaban J connectivity index is 1.81. The summed E-state index contributed by atoms with van der Waals surface area (Å²) in [7, 11) is 1.67. The number of thioether (sulfide) groups is 1. The van der Waals surface area contributed by atoms with E-state index in [0.717, 1.165) is 39.1 Å². The minimum absolute atomic E-state index is 0.204. The van der Waals surface area contributed by atoms with Crippen molar-refractivity contribution in [1.29, 1.82) is 0 Å². The molecule has 0 unspecified atom stereocenters. The van der Waals surface area contributed by atoms with Gasteiger partial charge in [0.05, 0.1) is 18.1 Å². The molecule has 6 heteroatoms. The number of ether oxygens (including phenoxy) is 1. The highest BCUT2D eigenvalue weighted by molar-refractivity contribution is 8.00. The summed E-state index contributed by atoms with van der Waals surface area (Å²) in [6.45, 7) is 4.21. The molecule has 5 nitrogen and oxygen atoms in total. The smallest absolute Gasteiger partial charge is 0.213 e. The van der Waals surface area contributed by atoms with Crippen LogP contribution in [0.25, 0.3) is 11.4 Å². The van der Waals surface area contributed by atoms with Crippen molar-refractivity contribution in [1.82, 2.24) is 14.9 Å². The summed E-state index contributed by atoms with van der Waals surface area (Å²) in [6.07, 6.45) is 0. The molecule has 0 radical (unpaired) electrons. The first-order valence-electron chi connectivity index (χ1n) is 8.08. The summed E-state index contributed by atoms with van der Waals surface area (Å²) >= 11 is 1.67. The Morgan fingerprint density at radius 1 is 1.04 bits per heavy atom. The molecule has 25 heavy (non-hydrogen) atoms. The zero-order valence-corrected chi connectivity index (χ0v) is 15.1. The zero-order valence-electron chi connectivity index (χ0n) is 14.3. The Morgan fingerprint density at radius 2 is 1.80 bits per heavy atom. The monoisotopic (exact) mass is 350 g/mol. The largest absolute Gasteiger partial charge is 0.497 e. The normalized spacial score (nSPS) is 16.3. The van der Waals surface area contributed by atoms with Crippen LogP contribution in [0.15, 0.2) is 58.8 Å². The van der Waals surface area contributed by atoms with Crippen molar-refractivity contribution in [2.24, 2.45) is 5.10 Å². The topological polar surface area (TPSA) is 52.3 Å². The van der Waals surface area contributed by atoms with Crippen molar-refractivity contribution in [3.8, 4) is 17.1 Å². The molecule has 1 aliphatic rings. The van der Waals surface area contributed by atoms with Crippen molar-refractivity contribution < 1.29 is 4.74 Å². The lowest BCUT2D eigenvalue weighted by atomic mass is 10.1. The van der Waals surface area contributed by atoms with E-state index in [1.165, 1.54) is 0 Å². The third-order valence-corrected chi connectivity index (χ3v) is 5.30. The summed E-state index contributed by atoms with van der Waals surface area (Å²) < 4.78 is 7.10. The number of aryl methyl sites for hydroxylation is 1. The second-order valence-electron chi connectivity index (χ2n) is 5.91. The van der Waals surface area contributed by atoms with Crippen LogP contribution in [0.2, 0.25) is 0 Å². The van der Waals surface area contributed by atoms with Crippen molar-refractivity contribution in [3.05, 3.63) is 59.7 Å². The molecular weight excluding hydrogens is 332 g/mol. The van der Waals surface area contributed by atoms with E-state index in [2.05, 4.69) is 36.2 Å². The van der Waals surface area contributed by atoms with Gasteiger partial charge in [0.15, 0.2) is 5.82 Å². The molecule has 0 saturated carbocycles. The minimum Gasteiger partial charge on any atom is -0.497 e. The second kappa shape index (κ2) is 6.37. The van der Waals surface area contributed by atoms with Gasteiger partial charge in [0.25, 0.3) is 0 Å². The Kier molecular flexibility index (Phi) is 4.05. The molecular formula is C19H18N4OS. The van der Waals surface area contributed by atoms with Crippen molar-refractivity contribution in [3.63, 3.8) is 0 Å². The fourth-order valence-electron chi connectivity index (χ4n) is 2.88. The maximum absolute atomic E-state index is 5.25. The second-order valence-corrected chi connectivity index (χ2v) is 7.21. The maximum atomic E-state index is 5.25. The van der Waals surface area contributed by atoms with Crippen molar-refractivity contribution in [2.45, 2.75) is 24.3 Å². The molecule has 2 heterocycles. The summed E-state index contributed by atoms with van der Waals surface area (Å²) in [6, 6.07) is 16.2. The molecule has 1 aliphatic heterocycles. The van der Waals surface area contributed by atoms with Gasteiger partial charge in [-0.2, -0.15) is 9.78 Å². The highest BCUT2D eigenvalue weighted by Crippen LogP contribution is 2.33. The number of hydrogen-bond acceptors (Lipinski definition) is 5. The number of aromatic nitrogens is 3. The summed E-state index contributed by atoms with van der Waals surface area (Å²) in [4.78, 5) is 0. The molecule has 4 rings (SSSR count). The molecule has 0 aliphatic carbocycles. The highest BCUT2D eigenvalue weighted by atomic mass is 32.2. The molecule has 0 amide bonds. The van der Waals surface area contributed by atoms with E-state index < -0.39 is 0 Å². The van der Waals surface area contributed by atoms with Crippen LogP contribution < -0.4 is 4.74 Å².